The Balaban J connectivity index is 0.00000256. The molecule has 0 fully saturated rings. The molecule has 1 unspecified atom stereocenters. The van der Waals surface area contributed by atoms with Gasteiger partial charge in [-0.3, -0.25) is 0 Å². The van der Waals surface area contributed by atoms with Gasteiger partial charge in [-0.05, 0) is 18.9 Å². The van der Waals surface area contributed by atoms with E-state index in [0.29, 0.717) is 0 Å². The number of alkyl halides is 3. The zero-order valence-electron chi connectivity index (χ0n) is 9.36. The summed E-state index contributed by atoms with van der Waals surface area (Å²) in [5.74, 6) is 0. The van der Waals surface area contributed by atoms with E-state index in [-0.39, 0.29) is 23.3 Å². The van der Waals surface area contributed by atoms with E-state index in [1.807, 2.05) is 0 Å². The van der Waals surface area contributed by atoms with E-state index in [2.05, 4.69) is 0 Å². The second-order valence-electron chi connectivity index (χ2n) is 3.93. The Morgan fingerprint density at radius 3 is 2.12 bits per heavy atom. The number of hydrogen-bond donors (Lipinski definition) is 1. The van der Waals surface area contributed by atoms with Crippen molar-refractivity contribution in [1.29, 1.82) is 0 Å². The second kappa shape index (κ2) is 5.42. The van der Waals surface area contributed by atoms with Crippen LogP contribution in [0.25, 0.3) is 0 Å². The van der Waals surface area contributed by atoms with Gasteiger partial charge in [-0.2, -0.15) is 13.2 Å². The van der Waals surface area contributed by atoms with Crippen molar-refractivity contribution in [3.63, 3.8) is 0 Å². The average molecular weight is 288 g/mol. The Morgan fingerprint density at radius 1 is 1.24 bits per heavy atom. The molecule has 98 valence electrons. The summed E-state index contributed by atoms with van der Waals surface area (Å²) in [5, 5.41) is 0.194. The quantitative estimate of drug-likeness (QED) is 0.850. The van der Waals surface area contributed by atoms with E-state index < -0.39 is 19.4 Å². The van der Waals surface area contributed by atoms with Crippen molar-refractivity contribution in [2.75, 3.05) is 13.3 Å². The van der Waals surface area contributed by atoms with Crippen molar-refractivity contribution in [1.82, 2.24) is 0 Å². The maximum Gasteiger partial charge on any atom is 0.407 e. The first-order chi connectivity index (χ1) is 7.14. The predicted molar refractivity (Wildman–Crippen MR) is 65.8 cm³/mol. The fourth-order valence-corrected chi connectivity index (χ4v) is 2.70. The first kappa shape index (κ1) is 16.5. The number of benzene rings is 1. The zero-order valence-corrected chi connectivity index (χ0v) is 11.1. The molecule has 0 radical (unpaired) electrons. The number of nitrogens with two attached hydrogens (primary N) is 1. The molecule has 17 heavy (non-hydrogen) atoms. The van der Waals surface area contributed by atoms with Crippen molar-refractivity contribution < 1.29 is 17.7 Å². The highest BCUT2D eigenvalue weighted by Gasteiger charge is 2.39. The van der Waals surface area contributed by atoms with E-state index >= 15 is 0 Å². The van der Waals surface area contributed by atoms with Gasteiger partial charge in [0.25, 0.3) is 0 Å². The van der Waals surface area contributed by atoms with E-state index in [1.165, 1.54) is 31.5 Å². The maximum absolute atomic E-state index is 12.5. The third-order valence-corrected chi connectivity index (χ3v) is 3.77. The minimum Gasteiger partial charge on any atom is -0.319 e. The lowest BCUT2D eigenvalue weighted by Crippen LogP contribution is -2.32. The molecular formula is C10H14ClF3NOP. The highest BCUT2D eigenvalue weighted by atomic mass is 35.5. The van der Waals surface area contributed by atoms with Crippen molar-refractivity contribution in [3.8, 4) is 0 Å². The van der Waals surface area contributed by atoms with Gasteiger partial charge in [0.2, 0.25) is 0 Å². The van der Waals surface area contributed by atoms with Gasteiger partial charge in [-0.1, -0.05) is 24.3 Å². The van der Waals surface area contributed by atoms with Crippen LogP contribution >= 0.6 is 19.5 Å². The molecule has 2 nitrogen and oxygen atoms in total. The molecule has 0 bridgehead atoms. The summed E-state index contributed by atoms with van der Waals surface area (Å²) in [6.45, 7) is 2.85. The summed E-state index contributed by atoms with van der Waals surface area (Å²) in [6, 6.07) is 3.63. The van der Waals surface area contributed by atoms with Crippen molar-refractivity contribution in [3.05, 3.63) is 29.8 Å². The van der Waals surface area contributed by atoms with E-state index in [9.17, 15) is 17.7 Å². The molecule has 0 aliphatic carbocycles. The Bertz CT molecular complexity index is 430. The van der Waals surface area contributed by atoms with Gasteiger partial charge in [0.05, 0.1) is 0 Å². The minimum absolute atomic E-state index is 0. The Morgan fingerprint density at radius 2 is 1.71 bits per heavy atom. The van der Waals surface area contributed by atoms with Crippen molar-refractivity contribution >= 4 is 24.9 Å². The van der Waals surface area contributed by atoms with E-state index in [4.69, 9.17) is 5.73 Å². The third-order valence-electron chi connectivity index (χ3n) is 2.20. The van der Waals surface area contributed by atoms with Crippen LogP contribution in [-0.4, -0.2) is 19.5 Å². The van der Waals surface area contributed by atoms with Gasteiger partial charge < -0.3 is 10.3 Å². The summed E-state index contributed by atoms with van der Waals surface area (Å²) in [5.41, 5.74) is 5.02. The molecule has 0 saturated carbocycles. The van der Waals surface area contributed by atoms with Crippen LogP contribution in [0.4, 0.5) is 13.2 Å². The normalized spacial score (nSPS) is 14.0. The molecule has 0 aliphatic heterocycles. The fraction of sp³-hybridized carbons (Fsp3) is 0.400. The Labute approximate surface area is 104 Å². The molecule has 0 aliphatic rings. The lowest BCUT2D eigenvalue weighted by Gasteiger charge is -2.20. The SMILES string of the molecule is CP(C)(=O)c1ccccc1C(N)C(F)(F)F.Cl. The van der Waals surface area contributed by atoms with Crippen molar-refractivity contribution in [2.45, 2.75) is 12.2 Å². The summed E-state index contributed by atoms with van der Waals surface area (Å²) in [6.07, 6.45) is -4.52. The van der Waals surface area contributed by atoms with Crippen LogP contribution in [0.3, 0.4) is 0 Å². The first-order valence-electron chi connectivity index (χ1n) is 4.61. The fourth-order valence-electron chi connectivity index (χ4n) is 1.42. The molecule has 1 atom stereocenters. The minimum atomic E-state index is -4.52. The third kappa shape index (κ3) is 4.02. The lowest BCUT2D eigenvalue weighted by atomic mass is 10.1. The molecule has 0 aromatic heterocycles. The smallest absolute Gasteiger partial charge is 0.319 e. The van der Waals surface area contributed by atoms with E-state index in [0.717, 1.165) is 0 Å². The summed E-state index contributed by atoms with van der Waals surface area (Å²) < 4.78 is 49.3. The van der Waals surface area contributed by atoms with Gasteiger partial charge in [0.1, 0.15) is 13.2 Å². The van der Waals surface area contributed by atoms with Crippen LogP contribution in [0.1, 0.15) is 11.6 Å². The second-order valence-corrected chi connectivity index (χ2v) is 7.11. The topological polar surface area (TPSA) is 43.1 Å². The van der Waals surface area contributed by atoms with Crippen LogP contribution < -0.4 is 11.0 Å². The molecule has 0 heterocycles. The number of halogens is 4. The molecule has 2 N–H and O–H groups in total. The average Bonchev–Trinajstić information content (AvgIpc) is 2.14. The van der Waals surface area contributed by atoms with Crippen LogP contribution in [0, 0.1) is 0 Å². The summed E-state index contributed by atoms with van der Waals surface area (Å²) in [7, 11) is -2.76. The predicted octanol–water partition coefficient (Wildman–Crippen LogP) is 2.92. The maximum atomic E-state index is 12.5. The molecular weight excluding hydrogens is 274 g/mol. The molecule has 7 heteroatoms. The van der Waals surface area contributed by atoms with Gasteiger partial charge in [0.15, 0.2) is 0 Å². The Hall–Kier alpha value is -0.510. The molecule has 1 aromatic carbocycles. The van der Waals surface area contributed by atoms with Gasteiger partial charge in [-0.25, -0.2) is 0 Å². The van der Waals surface area contributed by atoms with E-state index in [1.54, 1.807) is 6.07 Å². The van der Waals surface area contributed by atoms with Gasteiger partial charge >= 0.3 is 6.18 Å². The highest BCUT2D eigenvalue weighted by Crippen LogP contribution is 2.39. The summed E-state index contributed by atoms with van der Waals surface area (Å²) >= 11 is 0. The lowest BCUT2D eigenvalue weighted by molar-refractivity contribution is -0.148. The van der Waals surface area contributed by atoms with Gasteiger partial charge in [-0.15, -0.1) is 12.4 Å². The highest BCUT2D eigenvalue weighted by molar-refractivity contribution is 7.70. The molecule has 0 amide bonds. The van der Waals surface area contributed by atoms with Crippen LogP contribution in [-0.2, 0) is 4.57 Å². The Kier molecular flexibility index (Phi) is 5.26. The van der Waals surface area contributed by atoms with Crippen LogP contribution in [0.2, 0.25) is 0 Å². The molecule has 1 rings (SSSR count). The monoisotopic (exact) mass is 287 g/mol. The zero-order chi connectivity index (χ0) is 12.6. The molecule has 1 aromatic rings. The first-order valence-corrected chi connectivity index (χ1v) is 7.21. The number of hydrogen-bond acceptors (Lipinski definition) is 2. The van der Waals surface area contributed by atoms with Crippen LogP contribution in [0.5, 0.6) is 0 Å². The standard InChI is InChI=1S/C10H13F3NOP.ClH/c1-16(2,15)8-6-4-3-5-7(8)9(14)10(11,12)13;/h3-6,9H,14H2,1-2H3;1H. The molecule has 0 saturated heterocycles. The van der Waals surface area contributed by atoms with Crippen LogP contribution in [0.15, 0.2) is 24.3 Å². The summed E-state index contributed by atoms with van der Waals surface area (Å²) in [4.78, 5) is 0. The largest absolute Gasteiger partial charge is 0.407 e. The van der Waals surface area contributed by atoms with Crippen molar-refractivity contribution in [2.24, 2.45) is 5.73 Å². The number of rotatable bonds is 2. The van der Waals surface area contributed by atoms with Gasteiger partial charge in [0, 0.05) is 5.30 Å². The molecule has 0 spiro atoms.